The highest BCUT2D eigenvalue weighted by Gasteiger charge is 2.32. The number of carbonyl (C=O) groups is 1. The fourth-order valence-electron chi connectivity index (χ4n) is 4.12. The molecule has 1 aliphatic rings. The minimum atomic E-state index is -0.0153. The summed E-state index contributed by atoms with van der Waals surface area (Å²) in [5, 5.41) is 4.96. The third-order valence-electron chi connectivity index (χ3n) is 5.56. The van der Waals surface area contributed by atoms with Crippen molar-refractivity contribution < 1.29 is 4.79 Å². The summed E-state index contributed by atoms with van der Waals surface area (Å²) in [6, 6.07) is 16.5. The maximum atomic E-state index is 13.0. The summed E-state index contributed by atoms with van der Waals surface area (Å²) in [4.78, 5) is 15.4. The van der Waals surface area contributed by atoms with Crippen LogP contribution in [0.3, 0.4) is 0 Å². The molecular weight excluding hydrogens is 434 g/mol. The summed E-state index contributed by atoms with van der Waals surface area (Å²) in [6.45, 7) is 9.13. The summed E-state index contributed by atoms with van der Waals surface area (Å²) in [5.74, 6) is -0.0153. The molecule has 1 fully saturated rings. The first kappa shape index (κ1) is 22.5. The van der Waals surface area contributed by atoms with Crippen molar-refractivity contribution in [1.82, 2.24) is 14.7 Å². The molecule has 4 rings (SSSR count). The molecule has 3 aromatic rings. The Bertz CT molecular complexity index is 1190. The number of aryl methyl sites for hydroxylation is 3. The van der Waals surface area contributed by atoms with Gasteiger partial charge in [0.2, 0.25) is 0 Å². The molecule has 4 nitrogen and oxygen atoms in total. The maximum absolute atomic E-state index is 13.0. The Balaban J connectivity index is 1.81. The molecule has 0 radical (unpaired) electrons. The summed E-state index contributed by atoms with van der Waals surface area (Å²) in [7, 11) is 0. The number of thiocarbonyl (C=S) groups is 1. The van der Waals surface area contributed by atoms with Crippen LogP contribution in [-0.4, -0.2) is 31.5 Å². The van der Waals surface area contributed by atoms with Crippen molar-refractivity contribution in [2.75, 3.05) is 6.54 Å². The smallest absolute Gasteiger partial charge is 0.266 e. The zero-order valence-electron chi connectivity index (χ0n) is 18.9. The van der Waals surface area contributed by atoms with Crippen molar-refractivity contribution >= 4 is 40.3 Å². The van der Waals surface area contributed by atoms with Crippen LogP contribution in [0.1, 0.15) is 42.1 Å². The number of hydrogen-bond acceptors (Lipinski definition) is 4. The van der Waals surface area contributed by atoms with Gasteiger partial charge in [0.1, 0.15) is 4.32 Å². The first-order chi connectivity index (χ1) is 15.4. The third kappa shape index (κ3) is 4.43. The second-order valence-corrected chi connectivity index (χ2v) is 9.84. The zero-order valence-corrected chi connectivity index (χ0v) is 20.5. The van der Waals surface area contributed by atoms with E-state index in [4.69, 9.17) is 17.3 Å². The van der Waals surface area contributed by atoms with E-state index in [-0.39, 0.29) is 5.91 Å². The van der Waals surface area contributed by atoms with Gasteiger partial charge in [-0.15, -0.1) is 0 Å². The minimum Gasteiger partial charge on any atom is -0.293 e. The quantitative estimate of drug-likeness (QED) is 0.312. The van der Waals surface area contributed by atoms with E-state index in [9.17, 15) is 4.79 Å². The van der Waals surface area contributed by atoms with Crippen LogP contribution in [0.15, 0.2) is 53.4 Å². The second kappa shape index (κ2) is 9.43. The molecule has 1 amide bonds. The van der Waals surface area contributed by atoms with Crippen LogP contribution in [0, 0.1) is 20.8 Å². The Morgan fingerprint density at radius 1 is 1.06 bits per heavy atom. The van der Waals surface area contributed by atoms with Crippen molar-refractivity contribution in [2.45, 2.75) is 40.5 Å². The van der Waals surface area contributed by atoms with Crippen LogP contribution < -0.4 is 0 Å². The Kier molecular flexibility index (Phi) is 6.63. The van der Waals surface area contributed by atoms with Crippen LogP contribution >= 0.6 is 24.0 Å². The number of unbranched alkanes of at least 4 members (excludes halogenated alkanes) is 1. The van der Waals surface area contributed by atoms with Crippen molar-refractivity contribution in [3.05, 3.63) is 75.8 Å². The topological polar surface area (TPSA) is 38.1 Å². The average molecular weight is 462 g/mol. The van der Waals surface area contributed by atoms with Gasteiger partial charge < -0.3 is 0 Å². The van der Waals surface area contributed by atoms with Gasteiger partial charge in [-0.25, -0.2) is 4.68 Å². The lowest BCUT2D eigenvalue weighted by atomic mass is 9.97. The Labute approximate surface area is 199 Å². The first-order valence-corrected chi connectivity index (χ1v) is 12.1. The molecule has 1 aromatic heterocycles. The van der Waals surface area contributed by atoms with Gasteiger partial charge in [0, 0.05) is 12.1 Å². The fourth-order valence-corrected chi connectivity index (χ4v) is 5.42. The molecule has 0 N–H and O–H groups in total. The molecule has 0 bridgehead atoms. The van der Waals surface area contributed by atoms with Crippen LogP contribution in [0.25, 0.3) is 23.0 Å². The number of aromatic nitrogens is 2. The van der Waals surface area contributed by atoms with E-state index < -0.39 is 0 Å². The monoisotopic (exact) mass is 461 g/mol. The molecule has 0 unspecified atom stereocenters. The zero-order chi connectivity index (χ0) is 22.8. The summed E-state index contributed by atoms with van der Waals surface area (Å²) < 4.78 is 2.54. The largest absolute Gasteiger partial charge is 0.293 e. The molecule has 1 aliphatic heterocycles. The van der Waals surface area contributed by atoms with E-state index in [2.05, 4.69) is 45.9 Å². The molecule has 1 saturated heterocycles. The number of thioether (sulfide) groups is 1. The van der Waals surface area contributed by atoms with Crippen molar-refractivity contribution in [3.8, 4) is 16.9 Å². The third-order valence-corrected chi connectivity index (χ3v) is 6.94. The molecular formula is C26H27N3OS2. The Morgan fingerprint density at radius 2 is 1.75 bits per heavy atom. The Morgan fingerprint density at radius 3 is 2.41 bits per heavy atom. The van der Waals surface area contributed by atoms with Gasteiger partial charge in [-0.05, 0) is 62.6 Å². The van der Waals surface area contributed by atoms with Gasteiger partial charge in [0.15, 0.2) is 0 Å². The van der Waals surface area contributed by atoms with E-state index >= 15 is 0 Å². The predicted molar refractivity (Wildman–Crippen MR) is 138 cm³/mol. The molecule has 6 heteroatoms. The van der Waals surface area contributed by atoms with E-state index in [1.807, 2.05) is 41.1 Å². The lowest BCUT2D eigenvalue weighted by Crippen LogP contribution is -2.28. The molecule has 2 heterocycles. The van der Waals surface area contributed by atoms with E-state index in [1.165, 1.54) is 28.5 Å². The number of benzene rings is 2. The predicted octanol–water partition coefficient (Wildman–Crippen LogP) is 6.47. The highest BCUT2D eigenvalue weighted by molar-refractivity contribution is 8.26. The number of carbonyl (C=O) groups excluding carboxylic acids is 1. The molecule has 2 aromatic carbocycles. The van der Waals surface area contributed by atoms with Gasteiger partial charge in [0.05, 0.1) is 22.0 Å². The van der Waals surface area contributed by atoms with Crippen molar-refractivity contribution in [3.63, 3.8) is 0 Å². The lowest BCUT2D eigenvalue weighted by Gasteiger charge is -2.13. The van der Waals surface area contributed by atoms with Crippen LogP contribution in [0.2, 0.25) is 0 Å². The number of rotatable bonds is 6. The number of para-hydroxylation sites is 1. The van der Waals surface area contributed by atoms with Crippen LogP contribution in [-0.2, 0) is 4.79 Å². The van der Waals surface area contributed by atoms with E-state index in [0.717, 1.165) is 35.5 Å². The average Bonchev–Trinajstić information content (AvgIpc) is 3.27. The number of nitrogens with zero attached hydrogens (tertiary/aromatic N) is 3. The van der Waals surface area contributed by atoms with Gasteiger partial charge in [-0.3, -0.25) is 9.69 Å². The van der Waals surface area contributed by atoms with Crippen molar-refractivity contribution in [2.24, 2.45) is 0 Å². The first-order valence-electron chi connectivity index (χ1n) is 10.9. The molecule has 0 saturated carbocycles. The van der Waals surface area contributed by atoms with Gasteiger partial charge in [0.25, 0.3) is 5.91 Å². The molecule has 32 heavy (non-hydrogen) atoms. The summed E-state index contributed by atoms with van der Waals surface area (Å²) in [5.41, 5.74) is 7.47. The van der Waals surface area contributed by atoms with Gasteiger partial charge in [-0.1, -0.05) is 73.2 Å². The van der Waals surface area contributed by atoms with E-state index in [0.29, 0.717) is 15.8 Å². The molecule has 164 valence electrons. The minimum absolute atomic E-state index is 0.0153. The molecule has 0 spiro atoms. The van der Waals surface area contributed by atoms with E-state index in [1.54, 1.807) is 4.90 Å². The fraction of sp³-hybridized carbons (Fsp3) is 0.269. The van der Waals surface area contributed by atoms with Gasteiger partial charge >= 0.3 is 0 Å². The molecule has 0 atom stereocenters. The van der Waals surface area contributed by atoms with Gasteiger partial charge in [-0.2, -0.15) is 5.10 Å². The lowest BCUT2D eigenvalue weighted by molar-refractivity contribution is -0.122. The SMILES string of the molecule is CCCCN1C(=O)C(=Cc2cc(-c3c(C)cc(C)cc3C)nn2-c2ccccc2)SC1=S. The van der Waals surface area contributed by atoms with Crippen molar-refractivity contribution in [1.29, 1.82) is 0 Å². The standard InChI is InChI=1S/C26H27N3OS2/c1-5-6-12-28-25(30)23(32-26(28)31)16-21-15-22(24-18(3)13-17(2)14-19(24)4)27-29(21)20-10-8-7-9-11-20/h7-11,13-16H,5-6,12H2,1-4H3. The number of hydrogen-bond donors (Lipinski definition) is 0. The number of amides is 1. The molecule has 0 aliphatic carbocycles. The Hall–Kier alpha value is -2.70. The van der Waals surface area contributed by atoms with Crippen LogP contribution in [0.5, 0.6) is 0 Å². The summed E-state index contributed by atoms with van der Waals surface area (Å²) >= 11 is 6.86. The highest BCUT2D eigenvalue weighted by atomic mass is 32.2. The highest BCUT2D eigenvalue weighted by Crippen LogP contribution is 2.35. The summed E-state index contributed by atoms with van der Waals surface area (Å²) in [6.07, 6.45) is 3.89. The normalized spacial score (nSPS) is 15.2. The maximum Gasteiger partial charge on any atom is 0.266 e. The van der Waals surface area contributed by atoms with Crippen LogP contribution in [0.4, 0.5) is 0 Å². The second-order valence-electron chi connectivity index (χ2n) is 8.16.